The minimum absolute atomic E-state index is 0. The second-order valence-electron chi connectivity index (χ2n) is 3.81. The van der Waals surface area contributed by atoms with Crippen molar-refractivity contribution in [2.45, 2.75) is 39.3 Å². The molecule has 0 aliphatic rings. The van der Waals surface area contributed by atoms with Crippen molar-refractivity contribution in [1.82, 2.24) is 10.2 Å². The number of halogens is 1. The number of likely N-dealkylation sites (N-methyl/N-ethyl adjacent to an activating group) is 1. The molecule has 0 aromatic heterocycles. The standard InChI is InChI=1S/C10H20N2O3.ClH/c1-5-7(2)11-9(13)6-12(4)8(3)10(14)15;/h7-8H,5-6H2,1-4H3,(H,11,13)(H,14,15);1H. The van der Waals surface area contributed by atoms with Crippen molar-refractivity contribution >= 4 is 24.3 Å². The Balaban J connectivity index is 0. The van der Waals surface area contributed by atoms with Crippen LogP contribution in [0.15, 0.2) is 0 Å². The highest BCUT2D eigenvalue weighted by Gasteiger charge is 2.19. The maximum atomic E-state index is 11.4. The van der Waals surface area contributed by atoms with Gasteiger partial charge in [0.15, 0.2) is 0 Å². The van der Waals surface area contributed by atoms with Crippen LogP contribution in [0.25, 0.3) is 0 Å². The summed E-state index contributed by atoms with van der Waals surface area (Å²) < 4.78 is 0. The highest BCUT2D eigenvalue weighted by molar-refractivity contribution is 5.85. The molecule has 0 radical (unpaired) electrons. The number of nitrogens with zero attached hydrogens (tertiary/aromatic N) is 1. The van der Waals surface area contributed by atoms with Crippen LogP contribution in [0.2, 0.25) is 0 Å². The fourth-order valence-corrected chi connectivity index (χ4v) is 0.975. The Kier molecular flexibility index (Phi) is 9.18. The molecule has 1 amide bonds. The van der Waals surface area contributed by atoms with Gasteiger partial charge in [0.1, 0.15) is 6.04 Å². The Bertz CT molecular complexity index is 236. The van der Waals surface area contributed by atoms with Crippen LogP contribution in [-0.4, -0.2) is 47.6 Å². The van der Waals surface area contributed by atoms with E-state index in [1.54, 1.807) is 14.0 Å². The number of hydrogen-bond donors (Lipinski definition) is 2. The second-order valence-corrected chi connectivity index (χ2v) is 3.81. The first-order valence-electron chi connectivity index (χ1n) is 5.10. The number of aliphatic carboxylic acids is 1. The number of hydrogen-bond acceptors (Lipinski definition) is 3. The largest absolute Gasteiger partial charge is 0.480 e. The summed E-state index contributed by atoms with van der Waals surface area (Å²) in [6.45, 7) is 5.56. The molecule has 2 unspecified atom stereocenters. The summed E-state index contributed by atoms with van der Waals surface area (Å²) >= 11 is 0. The van der Waals surface area contributed by atoms with E-state index < -0.39 is 12.0 Å². The van der Waals surface area contributed by atoms with Crippen LogP contribution in [0.1, 0.15) is 27.2 Å². The van der Waals surface area contributed by atoms with Gasteiger partial charge in [-0.05, 0) is 27.3 Å². The van der Waals surface area contributed by atoms with E-state index in [1.807, 2.05) is 13.8 Å². The maximum absolute atomic E-state index is 11.4. The first-order valence-corrected chi connectivity index (χ1v) is 5.10. The monoisotopic (exact) mass is 252 g/mol. The molecule has 0 fully saturated rings. The Morgan fingerprint density at radius 2 is 1.88 bits per heavy atom. The van der Waals surface area contributed by atoms with E-state index in [9.17, 15) is 9.59 Å². The molecule has 0 spiro atoms. The molecule has 0 bridgehead atoms. The van der Waals surface area contributed by atoms with Crippen molar-refractivity contribution in [3.63, 3.8) is 0 Å². The number of carboxylic acid groups (broad SMARTS) is 1. The molecule has 16 heavy (non-hydrogen) atoms. The molecule has 0 aliphatic heterocycles. The van der Waals surface area contributed by atoms with Crippen LogP contribution in [0.3, 0.4) is 0 Å². The molecule has 6 heteroatoms. The summed E-state index contributed by atoms with van der Waals surface area (Å²) in [5.41, 5.74) is 0. The van der Waals surface area contributed by atoms with Crippen LogP contribution in [0, 0.1) is 0 Å². The predicted molar refractivity (Wildman–Crippen MR) is 64.9 cm³/mol. The minimum atomic E-state index is -0.922. The molecule has 0 aliphatic carbocycles. The molecule has 2 N–H and O–H groups in total. The van der Waals surface area contributed by atoms with Gasteiger partial charge in [-0.3, -0.25) is 14.5 Å². The Morgan fingerprint density at radius 3 is 2.25 bits per heavy atom. The maximum Gasteiger partial charge on any atom is 0.320 e. The summed E-state index contributed by atoms with van der Waals surface area (Å²) in [5.74, 6) is -1.06. The van der Waals surface area contributed by atoms with Crippen LogP contribution in [0.5, 0.6) is 0 Å². The third kappa shape index (κ3) is 6.63. The van der Waals surface area contributed by atoms with Gasteiger partial charge in [0.05, 0.1) is 6.54 Å². The van der Waals surface area contributed by atoms with Gasteiger partial charge in [-0.2, -0.15) is 0 Å². The minimum Gasteiger partial charge on any atom is -0.480 e. The van der Waals surface area contributed by atoms with Crippen molar-refractivity contribution in [2.75, 3.05) is 13.6 Å². The van der Waals surface area contributed by atoms with Crippen LogP contribution in [-0.2, 0) is 9.59 Å². The molecule has 0 aromatic carbocycles. The smallest absolute Gasteiger partial charge is 0.320 e. The van der Waals surface area contributed by atoms with Crippen molar-refractivity contribution in [2.24, 2.45) is 0 Å². The van der Waals surface area contributed by atoms with Crippen LogP contribution < -0.4 is 5.32 Å². The topological polar surface area (TPSA) is 69.6 Å². The summed E-state index contributed by atoms with van der Waals surface area (Å²) in [4.78, 5) is 23.5. The lowest BCUT2D eigenvalue weighted by atomic mass is 10.2. The lowest BCUT2D eigenvalue weighted by Gasteiger charge is -2.21. The van der Waals surface area contributed by atoms with Crippen molar-refractivity contribution in [3.8, 4) is 0 Å². The van der Waals surface area contributed by atoms with Gasteiger partial charge < -0.3 is 10.4 Å². The number of rotatable bonds is 6. The molecule has 96 valence electrons. The molecule has 0 saturated carbocycles. The van der Waals surface area contributed by atoms with Crippen molar-refractivity contribution in [1.29, 1.82) is 0 Å². The van der Waals surface area contributed by atoms with E-state index in [0.29, 0.717) is 0 Å². The third-order valence-corrected chi connectivity index (χ3v) is 2.43. The fraction of sp³-hybridized carbons (Fsp3) is 0.800. The number of carboxylic acids is 1. The zero-order valence-corrected chi connectivity index (χ0v) is 11.0. The Labute approximate surface area is 103 Å². The van der Waals surface area contributed by atoms with Gasteiger partial charge in [0, 0.05) is 6.04 Å². The molecular weight excluding hydrogens is 232 g/mol. The SMILES string of the molecule is CCC(C)NC(=O)CN(C)C(C)C(=O)O.Cl. The molecule has 5 nitrogen and oxygen atoms in total. The van der Waals surface area contributed by atoms with E-state index in [2.05, 4.69) is 5.32 Å². The molecular formula is C10H21ClN2O3. The van der Waals surface area contributed by atoms with Gasteiger partial charge in [-0.25, -0.2) is 0 Å². The molecule has 0 saturated heterocycles. The van der Waals surface area contributed by atoms with Gasteiger partial charge in [-0.1, -0.05) is 6.92 Å². The Hall–Kier alpha value is -0.810. The van der Waals surface area contributed by atoms with Gasteiger partial charge in [-0.15, -0.1) is 12.4 Å². The lowest BCUT2D eigenvalue weighted by Crippen LogP contribution is -2.44. The highest BCUT2D eigenvalue weighted by atomic mass is 35.5. The van der Waals surface area contributed by atoms with Gasteiger partial charge in [0.25, 0.3) is 0 Å². The molecule has 0 rings (SSSR count). The summed E-state index contributed by atoms with van der Waals surface area (Å²) in [6, 6.07) is -0.515. The van der Waals surface area contributed by atoms with E-state index in [1.165, 1.54) is 4.90 Å². The quantitative estimate of drug-likeness (QED) is 0.731. The van der Waals surface area contributed by atoms with Gasteiger partial charge in [0.2, 0.25) is 5.91 Å². The second kappa shape index (κ2) is 8.35. The average Bonchev–Trinajstić information content (AvgIpc) is 2.15. The Morgan fingerprint density at radius 1 is 1.38 bits per heavy atom. The first kappa shape index (κ1) is 17.6. The highest BCUT2D eigenvalue weighted by Crippen LogP contribution is 1.95. The predicted octanol–water partition coefficient (Wildman–Crippen LogP) is 0.728. The molecule has 0 aromatic rings. The van der Waals surface area contributed by atoms with Gasteiger partial charge >= 0.3 is 5.97 Å². The van der Waals surface area contributed by atoms with Crippen molar-refractivity contribution in [3.05, 3.63) is 0 Å². The lowest BCUT2D eigenvalue weighted by molar-refractivity contribution is -0.142. The number of carbonyl (C=O) groups is 2. The molecule has 2 atom stereocenters. The fourth-order valence-electron chi connectivity index (χ4n) is 0.975. The summed E-state index contributed by atoms with van der Waals surface area (Å²) in [6.07, 6.45) is 0.865. The zero-order chi connectivity index (χ0) is 12.0. The summed E-state index contributed by atoms with van der Waals surface area (Å²) in [5, 5.41) is 11.5. The number of nitrogens with one attached hydrogen (secondary N) is 1. The van der Waals surface area contributed by atoms with E-state index in [0.717, 1.165) is 6.42 Å². The third-order valence-electron chi connectivity index (χ3n) is 2.43. The first-order chi connectivity index (χ1) is 6.88. The number of amides is 1. The van der Waals surface area contributed by atoms with Crippen molar-refractivity contribution < 1.29 is 14.7 Å². The normalized spacial score (nSPS) is 13.8. The van der Waals surface area contributed by atoms with E-state index in [-0.39, 0.29) is 30.9 Å². The average molecular weight is 253 g/mol. The van der Waals surface area contributed by atoms with E-state index in [4.69, 9.17) is 5.11 Å². The van der Waals surface area contributed by atoms with Crippen LogP contribution in [0.4, 0.5) is 0 Å². The number of carbonyl (C=O) groups excluding carboxylic acids is 1. The van der Waals surface area contributed by atoms with E-state index >= 15 is 0 Å². The zero-order valence-electron chi connectivity index (χ0n) is 10.2. The summed E-state index contributed by atoms with van der Waals surface area (Å²) in [7, 11) is 1.62. The molecule has 0 heterocycles. The van der Waals surface area contributed by atoms with Crippen LogP contribution >= 0.6 is 12.4 Å².